The number of aromatic nitrogens is 1. The van der Waals surface area contributed by atoms with Crippen molar-refractivity contribution >= 4 is 33.9 Å². The number of rotatable bonds is 1. The molecule has 0 radical (unpaired) electrons. The minimum absolute atomic E-state index is 0.610. The molecule has 94 valence electrons. The molecule has 0 saturated carbocycles. The van der Waals surface area contributed by atoms with E-state index >= 15 is 0 Å². The Morgan fingerprint density at radius 3 is 2.61 bits per heavy atom. The molecule has 0 amide bonds. The fourth-order valence-electron chi connectivity index (χ4n) is 2.59. The lowest BCUT2D eigenvalue weighted by molar-refractivity contribution is 0.575. The molecule has 4 heteroatoms. The van der Waals surface area contributed by atoms with Crippen molar-refractivity contribution in [3.63, 3.8) is 0 Å². The summed E-state index contributed by atoms with van der Waals surface area (Å²) in [5, 5.41) is 2.71. The van der Waals surface area contributed by atoms with Crippen molar-refractivity contribution < 1.29 is 0 Å². The van der Waals surface area contributed by atoms with Gasteiger partial charge in [-0.05, 0) is 37.5 Å². The van der Waals surface area contributed by atoms with E-state index in [1.807, 2.05) is 24.4 Å². The maximum Gasteiger partial charge on any atom is 0.136 e. The Labute approximate surface area is 112 Å². The Morgan fingerprint density at radius 2 is 1.83 bits per heavy atom. The van der Waals surface area contributed by atoms with Gasteiger partial charge in [-0.2, -0.15) is 0 Å². The van der Waals surface area contributed by atoms with E-state index in [-0.39, 0.29) is 0 Å². The van der Waals surface area contributed by atoms with Gasteiger partial charge < -0.3 is 10.6 Å². The third kappa shape index (κ3) is 1.89. The maximum atomic E-state index is 6.07. The number of benzene rings is 1. The van der Waals surface area contributed by atoms with Crippen LogP contribution in [0.2, 0.25) is 5.02 Å². The van der Waals surface area contributed by atoms with Crippen LogP contribution in [0.5, 0.6) is 0 Å². The molecule has 0 spiro atoms. The Balaban J connectivity index is 2.14. The predicted molar refractivity (Wildman–Crippen MR) is 77.2 cm³/mol. The summed E-state index contributed by atoms with van der Waals surface area (Å²) in [4.78, 5) is 6.88. The number of hydrogen-bond acceptors (Lipinski definition) is 3. The average Bonchev–Trinajstić information content (AvgIpc) is 2.43. The third-order valence-electron chi connectivity index (χ3n) is 3.57. The number of hydrogen-bond donors (Lipinski definition) is 1. The fourth-order valence-corrected chi connectivity index (χ4v) is 2.76. The number of fused-ring (bicyclic) bond motifs is 1. The van der Waals surface area contributed by atoms with E-state index < -0.39 is 0 Å². The van der Waals surface area contributed by atoms with Crippen LogP contribution >= 0.6 is 11.6 Å². The predicted octanol–water partition coefficient (Wildman–Crippen LogP) is 3.46. The molecule has 0 unspecified atom stereocenters. The molecule has 1 aliphatic rings. The van der Waals surface area contributed by atoms with Gasteiger partial charge in [0.2, 0.25) is 0 Å². The highest BCUT2D eigenvalue weighted by Crippen LogP contribution is 2.33. The molecule has 1 aliphatic heterocycles. The second-order valence-corrected chi connectivity index (χ2v) is 5.15. The molecule has 1 saturated heterocycles. The van der Waals surface area contributed by atoms with Crippen LogP contribution in [-0.2, 0) is 0 Å². The fraction of sp³-hybridized carbons (Fsp3) is 0.357. The monoisotopic (exact) mass is 261 g/mol. The van der Waals surface area contributed by atoms with Crippen molar-refractivity contribution in [3.8, 4) is 0 Å². The summed E-state index contributed by atoms with van der Waals surface area (Å²) < 4.78 is 0. The van der Waals surface area contributed by atoms with Gasteiger partial charge in [-0.3, -0.25) is 0 Å². The molecule has 0 bridgehead atoms. The Kier molecular flexibility index (Phi) is 3.00. The van der Waals surface area contributed by atoms with E-state index in [1.54, 1.807) is 0 Å². The molecule has 3 rings (SSSR count). The van der Waals surface area contributed by atoms with Crippen LogP contribution in [-0.4, -0.2) is 18.1 Å². The number of nitrogens with two attached hydrogens (primary N) is 1. The standard InChI is InChI=1S/C14H16ClN3/c15-12-5-4-11-10(13(12)16)6-7-17-14(11)18-8-2-1-3-9-18/h4-7H,1-3,8-9,16H2. The Bertz CT molecular complexity index is 577. The van der Waals surface area contributed by atoms with Crippen LogP contribution in [0.25, 0.3) is 10.8 Å². The molecular formula is C14H16ClN3. The van der Waals surface area contributed by atoms with Crippen LogP contribution < -0.4 is 10.6 Å². The van der Waals surface area contributed by atoms with Crippen molar-refractivity contribution in [3.05, 3.63) is 29.4 Å². The second-order valence-electron chi connectivity index (χ2n) is 4.74. The number of nitrogens with zero attached hydrogens (tertiary/aromatic N) is 2. The Morgan fingerprint density at radius 1 is 1.06 bits per heavy atom. The molecule has 2 aromatic rings. The third-order valence-corrected chi connectivity index (χ3v) is 3.90. The molecule has 1 fully saturated rings. The number of anilines is 2. The number of halogens is 1. The van der Waals surface area contributed by atoms with E-state index in [0.29, 0.717) is 10.7 Å². The van der Waals surface area contributed by atoms with Crippen LogP contribution in [0.15, 0.2) is 24.4 Å². The summed E-state index contributed by atoms with van der Waals surface area (Å²) in [5.41, 5.74) is 6.69. The van der Waals surface area contributed by atoms with Gasteiger partial charge in [0, 0.05) is 30.1 Å². The van der Waals surface area contributed by atoms with Crippen molar-refractivity contribution in [2.24, 2.45) is 0 Å². The smallest absolute Gasteiger partial charge is 0.136 e. The van der Waals surface area contributed by atoms with Gasteiger partial charge in [0.25, 0.3) is 0 Å². The summed E-state index contributed by atoms with van der Waals surface area (Å²) in [5.74, 6) is 1.04. The lowest BCUT2D eigenvalue weighted by Crippen LogP contribution is -2.30. The summed E-state index contributed by atoms with van der Waals surface area (Å²) in [6.07, 6.45) is 5.61. The lowest BCUT2D eigenvalue weighted by atomic mass is 10.1. The molecule has 3 nitrogen and oxygen atoms in total. The minimum Gasteiger partial charge on any atom is -0.397 e. The molecule has 0 atom stereocenters. The van der Waals surface area contributed by atoms with Crippen LogP contribution in [0.1, 0.15) is 19.3 Å². The van der Waals surface area contributed by atoms with Gasteiger partial charge in [0.05, 0.1) is 10.7 Å². The van der Waals surface area contributed by atoms with Crippen molar-refractivity contribution in [1.82, 2.24) is 4.98 Å². The Hall–Kier alpha value is -1.48. The molecular weight excluding hydrogens is 246 g/mol. The zero-order valence-electron chi connectivity index (χ0n) is 10.2. The molecule has 0 aliphatic carbocycles. The highest BCUT2D eigenvalue weighted by Gasteiger charge is 2.15. The second kappa shape index (κ2) is 4.65. The molecule has 2 heterocycles. The maximum absolute atomic E-state index is 6.07. The average molecular weight is 262 g/mol. The van der Waals surface area contributed by atoms with Gasteiger partial charge in [0.1, 0.15) is 5.82 Å². The first-order valence-electron chi connectivity index (χ1n) is 6.35. The van der Waals surface area contributed by atoms with Crippen LogP contribution in [0.3, 0.4) is 0 Å². The van der Waals surface area contributed by atoms with E-state index in [0.717, 1.165) is 29.7 Å². The highest BCUT2D eigenvalue weighted by molar-refractivity contribution is 6.34. The van der Waals surface area contributed by atoms with E-state index in [9.17, 15) is 0 Å². The first-order chi connectivity index (χ1) is 8.77. The van der Waals surface area contributed by atoms with Gasteiger partial charge in [-0.1, -0.05) is 11.6 Å². The van der Waals surface area contributed by atoms with Crippen LogP contribution in [0, 0.1) is 0 Å². The number of pyridine rings is 1. The topological polar surface area (TPSA) is 42.1 Å². The van der Waals surface area contributed by atoms with Crippen molar-refractivity contribution in [1.29, 1.82) is 0 Å². The first kappa shape index (κ1) is 11.6. The van der Waals surface area contributed by atoms with Gasteiger partial charge in [-0.15, -0.1) is 0 Å². The first-order valence-corrected chi connectivity index (χ1v) is 6.73. The van der Waals surface area contributed by atoms with Crippen molar-refractivity contribution in [2.45, 2.75) is 19.3 Å². The van der Waals surface area contributed by atoms with Gasteiger partial charge in [-0.25, -0.2) is 4.98 Å². The molecule has 2 N–H and O–H groups in total. The quantitative estimate of drug-likeness (QED) is 0.800. The number of piperidine rings is 1. The van der Waals surface area contributed by atoms with E-state index in [4.69, 9.17) is 17.3 Å². The zero-order valence-corrected chi connectivity index (χ0v) is 11.0. The van der Waals surface area contributed by atoms with E-state index in [1.165, 1.54) is 19.3 Å². The van der Waals surface area contributed by atoms with E-state index in [2.05, 4.69) is 9.88 Å². The number of nitrogen functional groups attached to an aromatic ring is 1. The van der Waals surface area contributed by atoms with Gasteiger partial charge in [0.15, 0.2) is 0 Å². The SMILES string of the molecule is Nc1c(Cl)ccc2c(N3CCCCC3)nccc12. The minimum atomic E-state index is 0.610. The molecule has 1 aromatic carbocycles. The summed E-state index contributed by atoms with van der Waals surface area (Å²) in [6.45, 7) is 2.16. The molecule has 1 aromatic heterocycles. The zero-order chi connectivity index (χ0) is 12.5. The largest absolute Gasteiger partial charge is 0.397 e. The summed E-state index contributed by atoms with van der Waals surface area (Å²) in [6, 6.07) is 5.81. The molecule has 18 heavy (non-hydrogen) atoms. The summed E-state index contributed by atoms with van der Waals surface area (Å²) >= 11 is 6.07. The normalized spacial score (nSPS) is 16.2. The summed E-state index contributed by atoms with van der Waals surface area (Å²) in [7, 11) is 0. The van der Waals surface area contributed by atoms with Gasteiger partial charge >= 0.3 is 0 Å². The highest BCUT2D eigenvalue weighted by atomic mass is 35.5. The van der Waals surface area contributed by atoms with Crippen LogP contribution in [0.4, 0.5) is 11.5 Å². The van der Waals surface area contributed by atoms with Crippen molar-refractivity contribution in [2.75, 3.05) is 23.7 Å². The lowest BCUT2D eigenvalue weighted by Gasteiger charge is -2.28.